The molecule has 0 atom stereocenters. The molecule has 0 unspecified atom stereocenters. The lowest BCUT2D eigenvalue weighted by Crippen LogP contribution is -2.20. The van der Waals surface area contributed by atoms with E-state index >= 15 is 0 Å². The second-order valence-corrected chi connectivity index (χ2v) is 4.21. The summed E-state index contributed by atoms with van der Waals surface area (Å²) in [5.41, 5.74) is 0.841. The standard InChI is InChI=1S/C14H22FNO2/c1-12-11-13(15)5-6-14(12)18-9-4-3-7-16-8-10-17-2/h5-6,11,16H,3-4,7-10H2,1-2H3. The van der Waals surface area contributed by atoms with E-state index in [0.29, 0.717) is 6.61 Å². The number of hydrogen-bond donors (Lipinski definition) is 1. The fourth-order valence-electron chi connectivity index (χ4n) is 1.61. The molecule has 0 fully saturated rings. The first-order valence-electron chi connectivity index (χ1n) is 6.32. The van der Waals surface area contributed by atoms with Crippen molar-refractivity contribution in [1.29, 1.82) is 0 Å². The molecule has 3 nitrogen and oxygen atoms in total. The smallest absolute Gasteiger partial charge is 0.123 e. The van der Waals surface area contributed by atoms with Crippen molar-refractivity contribution in [1.82, 2.24) is 5.32 Å². The second kappa shape index (κ2) is 8.89. The van der Waals surface area contributed by atoms with Gasteiger partial charge in [-0.15, -0.1) is 0 Å². The third-order valence-electron chi connectivity index (χ3n) is 2.63. The monoisotopic (exact) mass is 255 g/mol. The Morgan fingerprint density at radius 3 is 2.72 bits per heavy atom. The molecule has 0 aromatic heterocycles. The number of hydrogen-bond acceptors (Lipinski definition) is 3. The van der Waals surface area contributed by atoms with Crippen molar-refractivity contribution in [2.45, 2.75) is 19.8 Å². The van der Waals surface area contributed by atoms with Crippen LogP contribution in [0, 0.1) is 12.7 Å². The van der Waals surface area contributed by atoms with Gasteiger partial charge in [-0.05, 0) is 50.1 Å². The lowest BCUT2D eigenvalue weighted by Gasteiger charge is -2.09. The molecule has 0 aliphatic heterocycles. The fraction of sp³-hybridized carbons (Fsp3) is 0.571. The van der Waals surface area contributed by atoms with E-state index in [1.165, 1.54) is 12.1 Å². The Bertz CT molecular complexity index is 345. The van der Waals surface area contributed by atoms with Crippen molar-refractivity contribution in [3.8, 4) is 5.75 Å². The molecule has 0 amide bonds. The summed E-state index contributed by atoms with van der Waals surface area (Å²) < 4.78 is 23.4. The zero-order valence-electron chi connectivity index (χ0n) is 11.2. The molecule has 1 aromatic rings. The molecular formula is C14H22FNO2. The van der Waals surface area contributed by atoms with Crippen molar-refractivity contribution in [3.63, 3.8) is 0 Å². The average molecular weight is 255 g/mol. The Kier molecular flexibility index (Phi) is 7.37. The Morgan fingerprint density at radius 1 is 1.17 bits per heavy atom. The van der Waals surface area contributed by atoms with E-state index in [1.807, 2.05) is 6.92 Å². The van der Waals surface area contributed by atoms with Crippen LogP contribution < -0.4 is 10.1 Å². The molecule has 102 valence electrons. The summed E-state index contributed by atoms with van der Waals surface area (Å²) in [6.07, 6.45) is 2.04. The van der Waals surface area contributed by atoms with E-state index in [0.717, 1.165) is 43.9 Å². The third kappa shape index (κ3) is 5.98. The van der Waals surface area contributed by atoms with Crippen LogP contribution in [0.3, 0.4) is 0 Å². The van der Waals surface area contributed by atoms with Gasteiger partial charge in [0, 0.05) is 13.7 Å². The van der Waals surface area contributed by atoms with Gasteiger partial charge >= 0.3 is 0 Å². The molecule has 0 saturated carbocycles. The van der Waals surface area contributed by atoms with Crippen LogP contribution in [-0.4, -0.2) is 33.4 Å². The van der Waals surface area contributed by atoms with Gasteiger partial charge in [0.2, 0.25) is 0 Å². The van der Waals surface area contributed by atoms with Gasteiger partial charge < -0.3 is 14.8 Å². The zero-order valence-corrected chi connectivity index (χ0v) is 11.2. The Morgan fingerprint density at radius 2 is 2.00 bits per heavy atom. The second-order valence-electron chi connectivity index (χ2n) is 4.21. The molecule has 0 heterocycles. The van der Waals surface area contributed by atoms with E-state index in [1.54, 1.807) is 13.2 Å². The van der Waals surface area contributed by atoms with E-state index in [9.17, 15) is 4.39 Å². The van der Waals surface area contributed by atoms with Crippen molar-refractivity contribution in [2.75, 3.05) is 33.4 Å². The molecule has 0 bridgehead atoms. The van der Waals surface area contributed by atoms with Crippen LogP contribution >= 0.6 is 0 Å². The molecule has 0 aliphatic rings. The minimum atomic E-state index is -0.220. The number of halogens is 1. The van der Waals surface area contributed by atoms with Gasteiger partial charge in [-0.1, -0.05) is 0 Å². The molecule has 0 saturated heterocycles. The molecule has 18 heavy (non-hydrogen) atoms. The predicted octanol–water partition coefficient (Wildman–Crippen LogP) is 2.53. The van der Waals surface area contributed by atoms with Crippen LogP contribution in [0.5, 0.6) is 5.75 Å². The first kappa shape index (κ1) is 14.9. The minimum Gasteiger partial charge on any atom is -0.493 e. The van der Waals surface area contributed by atoms with Crippen LogP contribution in [0.4, 0.5) is 4.39 Å². The van der Waals surface area contributed by atoms with E-state index < -0.39 is 0 Å². The average Bonchev–Trinajstić information content (AvgIpc) is 2.35. The highest BCUT2D eigenvalue weighted by atomic mass is 19.1. The van der Waals surface area contributed by atoms with Crippen LogP contribution in [0.15, 0.2) is 18.2 Å². The highest BCUT2D eigenvalue weighted by Crippen LogP contribution is 2.18. The Balaban J connectivity index is 2.07. The molecule has 0 radical (unpaired) electrons. The van der Waals surface area contributed by atoms with Gasteiger partial charge in [0.15, 0.2) is 0 Å². The van der Waals surface area contributed by atoms with Gasteiger partial charge in [0.05, 0.1) is 13.2 Å². The fourth-order valence-corrected chi connectivity index (χ4v) is 1.61. The number of ether oxygens (including phenoxy) is 2. The first-order chi connectivity index (χ1) is 8.74. The van der Waals surface area contributed by atoms with Gasteiger partial charge in [0.25, 0.3) is 0 Å². The number of benzene rings is 1. The molecule has 0 aliphatic carbocycles. The van der Waals surface area contributed by atoms with Crippen LogP contribution in [-0.2, 0) is 4.74 Å². The highest BCUT2D eigenvalue weighted by Gasteiger charge is 2.00. The largest absolute Gasteiger partial charge is 0.493 e. The van der Waals surface area contributed by atoms with E-state index in [-0.39, 0.29) is 5.82 Å². The molecule has 0 spiro atoms. The summed E-state index contributed by atoms with van der Waals surface area (Å²) in [6, 6.07) is 4.60. The van der Waals surface area contributed by atoms with Crippen molar-refractivity contribution in [3.05, 3.63) is 29.6 Å². The number of rotatable bonds is 9. The summed E-state index contributed by atoms with van der Waals surface area (Å²) in [5, 5.41) is 3.27. The summed E-state index contributed by atoms with van der Waals surface area (Å²) in [5.74, 6) is 0.547. The number of unbranched alkanes of at least 4 members (excludes halogenated alkanes) is 1. The molecule has 4 heteroatoms. The summed E-state index contributed by atoms with van der Waals surface area (Å²) in [7, 11) is 1.69. The van der Waals surface area contributed by atoms with Crippen molar-refractivity contribution < 1.29 is 13.9 Å². The summed E-state index contributed by atoms with van der Waals surface area (Å²) in [4.78, 5) is 0. The summed E-state index contributed by atoms with van der Waals surface area (Å²) >= 11 is 0. The van der Waals surface area contributed by atoms with E-state index in [2.05, 4.69) is 5.32 Å². The van der Waals surface area contributed by atoms with Crippen molar-refractivity contribution >= 4 is 0 Å². The van der Waals surface area contributed by atoms with Crippen LogP contribution in [0.25, 0.3) is 0 Å². The molecule has 1 N–H and O–H groups in total. The van der Waals surface area contributed by atoms with Gasteiger partial charge in [0.1, 0.15) is 11.6 Å². The van der Waals surface area contributed by atoms with Crippen LogP contribution in [0.1, 0.15) is 18.4 Å². The Hall–Kier alpha value is -1.13. The summed E-state index contributed by atoms with van der Waals surface area (Å²) in [6.45, 7) is 5.11. The van der Waals surface area contributed by atoms with Crippen LogP contribution in [0.2, 0.25) is 0 Å². The number of nitrogens with one attached hydrogen (secondary N) is 1. The minimum absolute atomic E-state index is 0.220. The van der Waals surface area contributed by atoms with Crippen molar-refractivity contribution in [2.24, 2.45) is 0 Å². The highest BCUT2D eigenvalue weighted by molar-refractivity contribution is 5.32. The third-order valence-corrected chi connectivity index (χ3v) is 2.63. The molecule has 1 aromatic carbocycles. The SMILES string of the molecule is COCCNCCCCOc1ccc(F)cc1C. The number of methoxy groups -OCH3 is 1. The maximum absolute atomic E-state index is 12.9. The quantitative estimate of drug-likeness (QED) is 0.688. The maximum Gasteiger partial charge on any atom is 0.123 e. The van der Waals surface area contributed by atoms with Gasteiger partial charge in [-0.25, -0.2) is 4.39 Å². The first-order valence-corrected chi connectivity index (χ1v) is 6.32. The maximum atomic E-state index is 12.9. The van der Waals surface area contributed by atoms with E-state index in [4.69, 9.17) is 9.47 Å². The van der Waals surface area contributed by atoms with Gasteiger partial charge in [-0.3, -0.25) is 0 Å². The normalized spacial score (nSPS) is 10.6. The topological polar surface area (TPSA) is 30.5 Å². The predicted molar refractivity (Wildman–Crippen MR) is 70.6 cm³/mol. The molecular weight excluding hydrogens is 233 g/mol. The molecule has 1 rings (SSSR count). The Labute approximate surface area is 108 Å². The lowest BCUT2D eigenvalue weighted by atomic mass is 10.2. The van der Waals surface area contributed by atoms with Gasteiger partial charge in [-0.2, -0.15) is 0 Å². The zero-order chi connectivity index (χ0) is 13.2. The number of aryl methyl sites for hydroxylation is 1. The lowest BCUT2D eigenvalue weighted by molar-refractivity contribution is 0.199.